The zero-order valence-electron chi connectivity index (χ0n) is 17.5. The highest BCUT2D eigenvalue weighted by molar-refractivity contribution is 7.09. The van der Waals surface area contributed by atoms with Gasteiger partial charge in [0.1, 0.15) is 17.2 Å². The van der Waals surface area contributed by atoms with Gasteiger partial charge < -0.3 is 19.5 Å². The second-order valence-electron chi connectivity index (χ2n) is 7.34. The van der Waals surface area contributed by atoms with Gasteiger partial charge in [-0.15, -0.1) is 11.3 Å². The first-order valence-electron chi connectivity index (χ1n) is 9.49. The molecule has 1 amide bonds. The molecule has 1 heterocycles. The fourth-order valence-corrected chi connectivity index (χ4v) is 3.20. The first kappa shape index (κ1) is 23.3. The van der Waals surface area contributed by atoms with Crippen molar-refractivity contribution in [3.05, 3.63) is 52.0 Å². The van der Waals surface area contributed by atoms with Crippen molar-refractivity contribution in [1.82, 2.24) is 10.3 Å². The summed E-state index contributed by atoms with van der Waals surface area (Å²) in [4.78, 5) is 40.7. The maximum Gasteiger partial charge on any atom is 0.408 e. The molecule has 0 saturated heterocycles. The van der Waals surface area contributed by atoms with E-state index in [0.717, 1.165) is 16.9 Å². The van der Waals surface area contributed by atoms with Gasteiger partial charge in [-0.2, -0.15) is 0 Å². The normalized spacial score (nSPS) is 12.0. The van der Waals surface area contributed by atoms with Crippen LogP contribution in [0.25, 0.3) is 0 Å². The Labute approximate surface area is 179 Å². The number of thiazole rings is 1. The lowest BCUT2D eigenvalue weighted by Crippen LogP contribution is -2.36. The summed E-state index contributed by atoms with van der Waals surface area (Å²) in [7, 11) is 0. The van der Waals surface area contributed by atoms with Crippen LogP contribution in [0.1, 0.15) is 61.2 Å². The van der Waals surface area contributed by atoms with Crippen molar-refractivity contribution >= 4 is 29.4 Å². The van der Waals surface area contributed by atoms with E-state index >= 15 is 0 Å². The highest BCUT2D eigenvalue weighted by Gasteiger charge is 2.26. The molecule has 0 aliphatic carbocycles. The number of carbonyl (C=O) groups excluding carboxylic acids is 3. The third-order valence-electron chi connectivity index (χ3n) is 3.61. The number of hydrogen-bond acceptors (Lipinski definition) is 8. The summed E-state index contributed by atoms with van der Waals surface area (Å²) in [5.74, 6) is -1.09. The van der Waals surface area contributed by atoms with Crippen LogP contribution < -0.4 is 5.32 Å². The van der Waals surface area contributed by atoms with Crippen LogP contribution in [0.15, 0.2) is 35.7 Å². The predicted octanol–water partition coefficient (Wildman–Crippen LogP) is 4.02. The fourth-order valence-electron chi connectivity index (χ4n) is 2.36. The second-order valence-corrected chi connectivity index (χ2v) is 8.23. The summed E-state index contributed by atoms with van der Waals surface area (Å²) < 4.78 is 15.5. The number of carbonyl (C=O) groups is 3. The maximum atomic E-state index is 12.4. The Hall–Kier alpha value is -2.94. The Balaban J connectivity index is 2.09. The van der Waals surface area contributed by atoms with Gasteiger partial charge in [0.2, 0.25) is 0 Å². The van der Waals surface area contributed by atoms with Crippen molar-refractivity contribution in [2.75, 3.05) is 6.61 Å². The lowest BCUT2D eigenvalue weighted by molar-refractivity contribution is -0.145. The molecule has 0 aliphatic heterocycles. The predicted molar refractivity (Wildman–Crippen MR) is 111 cm³/mol. The van der Waals surface area contributed by atoms with Crippen molar-refractivity contribution in [2.45, 2.75) is 52.4 Å². The molecule has 0 saturated carbocycles. The van der Waals surface area contributed by atoms with Gasteiger partial charge >= 0.3 is 18.0 Å². The average Bonchev–Trinajstić information content (AvgIpc) is 3.16. The summed E-state index contributed by atoms with van der Waals surface area (Å²) >= 11 is 1.14. The topological polar surface area (TPSA) is 104 Å². The van der Waals surface area contributed by atoms with Crippen molar-refractivity contribution < 1.29 is 28.6 Å². The average molecular weight is 435 g/mol. The minimum Gasteiger partial charge on any atom is -0.461 e. The van der Waals surface area contributed by atoms with Gasteiger partial charge in [-0.1, -0.05) is 30.3 Å². The van der Waals surface area contributed by atoms with Crippen LogP contribution in [0.5, 0.6) is 0 Å². The van der Waals surface area contributed by atoms with E-state index in [2.05, 4.69) is 10.3 Å². The number of esters is 2. The number of hydrogen-bond donors (Lipinski definition) is 1. The number of benzene rings is 1. The molecule has 0 radical (unpaired) electrons. The molecule has 2 aromatic rings. The van der Waals surface area contributed by atoms with Crippen molar-refractivity contribution in [3.8, 4) is 0 Å². The van der Waals surface area contributed by atoms with E-state index in [1.165, 1.54) is 5.38 Å². The summed E-state index contributed by atoms with van der Waals surface area (Å²) in [5, 5.41) is 4.53. The first-order chi connectivity index (χ1) is 14.2. The monoisotopic (exact) mass is 434 g/mol. The van der Waals surface area contributed by atoms with Gasteiger partial charge in [0.25, 0.3) is 0 Å². The molecular weight excluding hydrogens is 408 g/mol. The van der Waals surface area contributed by atoms with E-state index in [-0.39, 0.29) is 25.3 Å². The van der Waals surface area contributed by atoms with Crippen LogP contribution in [-0.2, 0) is 25.6 Å². The minimum atomic E-state index is -0.809. The highest BCUT2D eigenvalue weighted by atomic mass is 32.1. The lowest BCUT2D eigenvalue weighted by Gasteiger charge is -2.22. The van der Waals surface area contributed by atoms with E-state index < -0.39 is 29.7 Å². The quantitative estimate of drug-likeness (QED) is 0.494. The third kappa shape index (κ3) is 7.82. The molecule has 0 aliphatic rings. The van der Waals surface area contributed by atoms with Crippen LogP contribution in [0.3, 0.4) is 0 Å². The van der Waals surface area contributed by atoms with Crippen LogP contribution in [0.2, 0.25) is 0 Å². The number of nitrogens with one attached hydrogen (secondary N) is 1. The largest absolute Gasteiger partial charge is 0.461 e. The van der Waals surface area contributed by atoms with E-state index in [0.29, 0.717) is 5.01 Å². The van der Waals surface area contributed by atoms with E-state index in [9.17, 15) is 14.4 Å². The molecule has 2 rings (SSSR count). The zero-order chi connectivity index (χ0) is 22.1. The number of rotatable bonds is 8. The molecular formula is C21H26N2O6S. The van der Waals surface area contributed by atoms with Crippen molar-refractivity contribution in [1.29, 1.82) is 0 Å². The Morgan fingerprint density at radius 3 is 2.47 bits per heavy atom. The summed E-state index contributed by atoms with van der Waals surface area (Å²) in [5.41, 5.74) is 0.258. The number of aromatic nitrogens is 1. The van der Waals surface area contributed by atoms with Gasteiger partial charge in [-0.05, 0) is 33.3 Å². The number of nitrogens with zero attached hydrogens (tertiary/aromatic N) is 1. The second kappa shape index (κ2) is 10.7. The number of alkyl carbamates (subject to hydrolysis) is 1. The number of amides is 1. The Kier molecular flexibility index (Phi) is 8.35. The molecule has 1 aromatic carbocycles. The molecule has 30 heavy (non-hydrogen) atoms. The van der Waals surface area contributed by atoms with E-state index in [4.69, 9.17) is 14.2 Å². The van der Waals surface area contributed by atoms with E-state index in [1.54, 1.807) is 27.7 Å². The first-order valence-corrected chi connectivity index (χ1v) is 10.4. The van der Waals surface area contributed by atoms with Crippen LogP contribution in [-0.4, -0.2) is 35.2 Å². The highest BCUT2D eigenvalue weighted by Crippen LogP contribution is 2.23. The third-order valence-corrected chi connectivity index (χ3v) is 4.57. The Bertz CT molecular complexity index is 860. The van der Waals surface area contributed by atoms with Gasteiger partial charge in [0.05, 0.1) is 19.1 Å². The summed E-state index contributed by atoms with van der Waals surface area (Å²) in [6.45, 7) is 7.23. The standard InChI is InChI=1S/C21H26N2O6S/c1-5-27-19(25)16-13-30-18(22-16)15(23-20(26)29-21(2,3)4)11-17(24)28-12-14-9-7-6-8-10-14/h6-10,13,15H,5,11-12H2,1-4H3,(H,23,26). The summed E-state index contributed by atoms with van der Waals surface area (Å²) in [6.07, 6.45) is -0.863. The molecule has 1 aromatic heterocycles. The zero-order valence-corrected chi connectivity index (χ0v) is 18.3. The molecule has 8 nitrogen and oxygen atoms in total. The SMILES string of the molecule is CCOC(=O)c1csc(C(CC(=O)OCc2ccccc2)NC(=O)OC(C)(C)C)n1. The van der Waals surface area contributed by atoms with Crippen molar-refractivity contribution in [3.63, 3.8) is 0 Å². The van der Waals surface area contributed by atoms with Gasteiger partial charge in [0.15, 0.2) is 5.69 Å². The minimum absolute atomic E-state index is 0.116. The molecule has 0 fully saturated rings. The molecule has 9 heteroatoms. The fraction of sp³-hybridized carbons (Fsp3) is 0.429. The Morgan fingerprint density at radius 1 is 1.13 bits per heavy atom. The molecule has 0 bridgehead atoms. The van der Waals surface area contributed by atoms with E-state index in [1.807, 2.05) is 30.3 Å². The van der Waals surface area contributed by atoms with Crippen LogP contribution >= 0.6 is 11.3 Å². The smallest absolute Gasteiger partial charge is 0.408 e. The lowest BCUT2D eigenvalue weighted by atomic mass is 10.2. The van der Waals surface area contributed by atoms with Crippen molar-refractivity contribution in [2.24, 2.45) is 0 Å². The molecule has 1 atom stereocenters. The van der Waals surface area contributed by atoms with Gasteiger partial charge in [-0.25, -0.2) is 14.6 Å². The van der Waals surface area contributed by atoms with Crippen LogP contribution in [0.4, 0.5) is 4.79 Å². The summed E-state index contributed by atoms with van der Waals surface area (Å²) in [6, 6.07) is 8.45. The van der Waals surface area contributed by atoms with Gasteiger partial charge in [-0.3, -0.25) is 4.79 Å². The molecule has 1 N–H and O–H groups in total. The Morgan fingerprint density at radius 2 is 1.83 bits per heavy atom. The maximum absolute atomic E-state index is 12.4. The number of ether oxygens (including phenoxy) is 3. The molecule has 0 spiro atoms. The van der Waals surface area contributed by atoms with Crippen LogP contribution in [0, 0.1) is 0 Å². The van der Waals surface area contributed by atoms with Gasteiger partial charge in [0, 0.05) is 5.38 Å². The molecule has 1 unspecified atom stereocenters. The molecule has 162 valence electrons.